The molecule has 0 aliphatic heterocycles. The van der Waals surface area contributed by atoms with Gasteiger partial charge < -0.3 is 0 Å². The molecule has 1 rings (SSSR count). The third-order valence-electron chi connectivity index (χ3n) is 1.33. The summed E-state index contributed by atoms with van der Waals surface area (Å²) >= 11 is 4.25. The maximum atomic E-state index is 13.0. The lowest BCUT2D eigenvalue weighted by Gasteiger charge is -1.98. The summed E-state index contributed by atoms with van der Waals surface area (Å²) in [6.07, 6.45) is 1.16. The second-order valence-electron chi connectivity index (χ2n) is 2.16. The molecular formula is C8H2F2N2OS. The van der Waals surface area contributed by atoms with Crippen LogP contribution in [0.4, 0.5) is 20.2 Å². The summed E-state index contributed by atoms with van der Waals surface area (Å²) in [5, 5.41) is 1.90. The lowest BCUT2D eigenvalue weighted by molar-refractivity contribution is 0.565. The second kappa shape index (κ2) is 4.48. The Bertz CT molecular complexity index is 463. The highest BCUT2D eigenvalue weighted by Crippen LogP contribution is 2.31. The zero-order valence-electron chi connectivity index (χ0n) is 6.62. The van der Waals surface area contributed by atoms with Crippen molar-refractivity contribution in [3.05, 3.63) is 23.8 Å². The van der Waals surface area contributed by atoms with E-state index in [1.165, 1.54) is 0 Å². The first kappa shape index (κ1) is 10.3. The maximum absolute atomic E-state index is 13.0. The van der Waals surface area contributed by atoms with Crippen LogP contribution in [-0.2, 0) is 4.79 Å². The Kier molecular flexibility index (Phi) is 3.31. The molecule has 0 unspecified atom stereocenters. The number of thiocarbonyl (C=S) groups is 1. The molecule has 0 heterocycles. The van der Waals surface area contributed by atoms with Crippen molar-refractivity contribution in [3.8, 4) is 0 Å². The van der Waals surface area contributed by atoms with Crippen LogP contribution in [-0.4, -0.2) is 11.2 Å². The molecule has 70 valence electrons. The normalized spacial score (nSPS) is 8.71. The molecule has 0 bridgehead atoms. The van der Waals surface area contributed by atoms with Crippen molar-refractivity contribution in [2.24, 2.45) is 9.98 Å². The summed E-state index contributed by atoms with van der Waals surface area (Å²) in [4.78, 5) is 16.3. The number of nitrogens with zero attached hydrogens (tertiary/aromatic N) is 2. The molecule has 0 saturated heterocycles. The van der Waals surface area contributed by atoms with Gasteiger partial charge in [-0.25, -0.2) is 13.6 Å². The molecule has 1 aromatic rings. The molecule has 1 aromatic carbocycles. The molecule has 0 N–H and O–H groups in total. The van der Waals surface area contributed by atoms with Gasteiger partial charge in [0, 0.05) is 12.1 Å². The predicted molar refractivity (Wildman–Crippen MR) is 48.8 cm³/mol. The van der Waals surface area contributed by atoms with Crippen LogP contribution in [0, 0.1) is 11.6 Å². The van der Waals surface area contributed by atoms with E-state index in [2.05, 4.69) is 22.2 Å². The van der Waals surface area contributed by atoms with E-state index in [9.17, 15) is 13.6 Å². The summed E-state index contributed by atoms with van der Waals surface area (Å²) in [6, 6.07) is 1.45. The van der Waals surface area contributed by atoms with Gasteiger partial charge in [-0.2, -0.15) is 9.98 Å². The number of hydrogen-bond acceptors (Lipinski definition) is 4. The number of rotatable bonds is 2. The van der Waals surface area contributed by atoms with Crippen molar-refractivity contribution in [1.29, 1.82) is 0 Å². The van der Waals surface area contributed by atoms with Crippen LogP contribution in [0.2, 0.25) is 0 Å². The fraction of sp³-hybridized carbons (Fsp3) is 0. The van der Waals surface area contributed by atoms with Gasteiger partial charge in [-0.05, 0) is 12.2 Å². The highest BCUT2D eigenvalue weighted by atomic mass is 32.1. The number of isothiocyanates is 1. The second-order valence-corrected chi connectivity index (χ2v) is 2.34. The van der Waals surface area contributed by atoms with Gasteiger partial charge in [-0.3, -0.25) is 0 Å². The van der Waals surface area contributed by atoms with Crippen molar-refractivity contribution in [3.63, 3.8) is 0 Å². The zero-order valence-corrected chi connectivity index (χ0v) is 7.44. The first-order valence-electron chi connectivity index (χ1n) is 3.34. The van der Waals surface area contributed by atoms with Crippen molar-refractivity contribution >= 4 is 34.8 Å². The molecule has 0 atom stereocenters. The van der Waals surface area contributed by atoms with Crippen LogP contribution in [0.3, 0.4) is 0 Å². The Morgan fingerprint density at radius 3 is 2.57 bits per heavy atom. The molecule has 0 saturated carbocycles. The Morgan fingerprint density at radius 1 is 1.29 bits per heavy atom. The maximum Gasteiger partial charge on any atom is 0.240 e. The van der Waals surface area contributed by atoms with Crippen LogP contribution < -0.4 is 0 Å². The molecule has 0 amide bonds. The Balaban J connectivity index is 3.50. The SMILES string of the molecule is O=C=Nc1cc(F)cc(F)c1N=C=S. The van der Waals surface area contributed by atoms with Crippen LogP contribution in [0.25, 0.3) is 0 Å². The van der Waals surface area contributed by atoms with E-state index >= 15 is 0 Å². The fourth-order valence-corrected chi connectivity index (χ4v) is 0.934. The average Bonchev–Trinajstić information content (AvgIpc) is 2.11. The van der Waals surface area contributed by atoms with Crippen LogP contribution in [0.1, 0.15) is 0 Å². The van der Waals surface area contributed by atoms with Gasteiger partial charge in [0.05, 0.1) is 5.16 Å². The minimum absolute atomic E-state index is 0.269. The molecule has 0 fully saturated rings. The number of isocyanates is 1. The van der Waals surface area contributed by atoms with E-state index in [1.54, 1.807) is 0 Å². The van der Waals surface area contributed by atoms with E-state index in [-0.39, 0.29) is 11.4 Å². The van der Waals surface area contributed by atoms with Crippen molar-refractivity contribution < 1.29 is 13.6 Å². The van der Waals surface area contributed by atoms with Gasteiger partial charge in [-0.15, -0.1) is 0 Å². The van der Waals surface area contributed by atoms with Gasteiger partial charge in [-0.1, -0.05) is 0 Å². The quantitative estimate of drug-likeness (QED) is 0.429. The molecule has 3 nitrogen and oxygen atoms in total. The average molecular weight is 212 g/mol. The monoisotopic (exact) mass is 212 g/mol. The Hall–Kier alpha value is -1.74. The fourth-order valence-electron chi connectivity index (χ4n) is 0.843. The topological polar surface area (TPSA) is 41.8 Å². The molecule has 6 heteroatoms. The smallest absolute Gasteiger partial charge is 0.211 e. The van der Waals surface area contributed by atoms with Crippen molar-refractivity contribution in [2.45, 2.75) is 0 Å². The Labute approximate surface area is 82.8 Å². The summed E-state index contributed by atoms with van der Waals surface area (Å²) < 4.78 is 25.7. The first-order valence-corrected chi connectivity index (χ1v) is 3.74. The number of benzene rings is 1. The number of hydrogen-bond donors (Lipinski definition) is 0. The lowest BCUT2D eigenvalue weighted by Crippen LogP contribution is -1.81. The van der Waals surface area contributed by atoms with E-state index in [4.69, 9.17) is 0 Å². The molecule has 0 spiro atoms. The van der Waals surface area contributed by atoms with Gasteiger partial charge >= 0.3 is 0 Å². The third-order valence-corrected chi connectivity index (χ3v) is 1.42. The van der Waals surface area contributed by atoms with Crippen LogP contribution >= 0.6 is 12.2 Å². The molecule has 0 aromatic heterocycles. The summed E-state index contributed by atoms with van der Waals surface area (Å²) in [7, 11) is 0. The Morgan fingerprint density at radius 2 is 2.00 bits per heavy atom. The predicted octanol–water partition coefficient (Wildman–Crippen LogP) is 2.67. The standard InChI is InChI=1S/C8H2F2N2OS/c9-5-1-6(10)8(12-4-14)7(2-5)11-3-13/h1-2H. The zero-order chi connectivity index (χ0) is 10.6. The number of carbonyl (C=O) groups excluding carboxylic acids is 1. The minimum atomic E-state index is -0.962. The van der Waals surface area contributed by atoms with Crippen LogP contribution in [0.5, 0.6) is 0 Å². The minimum Gasteiger partial charge on any atom is -0.211 e. The third kappa shape index (κ3) is 2.14. The highest BCUT2D eigenvalue weighted by molar-refractivity contribution is 7.78. The summed E-state index contributed by atoms with van der Waals surface area (Å²) in [5.41, 5.74) is -0.598. The first-order chi connectivity index (χ1) is 6.69. The molecule has 0 aliphatic carbocycles. The van der Waals surface area contributed by atoms with Crippen LogP contribution in [0.15, 0.2) is 22.1 Å². The van der Waals surface area contributed by atoms with E-state index in [0.717, 1.165) is 12.1 Å². The molecule has 0 aliphatic rings. The van der Waals surface area contributed by atoms with E-state index in [0.29, 0.717) is 6.07 Å². The van der Waals surface area contributed by atoms with E-state index in [1.807, 2.05) is 5.16 Å². The number of halogens is 2. The van der Waals surface area contributed by atoms with Gasteiger partial charge in [0.25, 0.3) is 0 Å². The number of aliphatic imine (C=N–C) groups is 2. The summed E-state index contributed by atoms with van der Waals surface area (Å²) in [6.45, 7) is 0. The summed E-state index contributed by atoms with van der Waals surface area (Å²) in [5.74, 6) is -1.82. The van der Waals surface area contributed by atoms with Crippen molar-refractivity contribution in [1.82, 2.24) is 0 Å². The van der Waals surface area contributed by atoms with Crippen molar-refractivity contribution in [2.75, 3.05) is 0 Å². The highest BCUT2D eigenvalue weighted by Gasteiger charge is 2.09. The molecule has 14 heavy (non-hydrogen) atoms. The van der Waals surface area contributed by atoms with E-state index < -0.39 is 11.6 Å². The van der Waals surface area contributed by atoms with Gasteiger partial charge in [0.2, 0.25) is 6.08 Å². The largest absolute Gasteiger partial charge is 0.240 e. The molecule has 0 radical (unpaired) electrons. The van der Waals surface area contributed by atoms with Gasteiger partial charge in [0.1, 0.15) is 17.2 Å². The molecular weight excluding hydrogens is 210 g/mol. The lowest BCUT2D eigenvalue weighted by atomic mass is 10.2. The van der Waals surface area contributed by atoms with Gasteiger partial charge in [0.15, 0.2) is 5.82 Å².